The average molecular weight is 283 g/mol. The number of amides is 2. The van der Waals surface area contributed by atoms with E-state index in [1.807, 2.05) is 0 Å². The van der Waals surface area contributed by atoms with Gasteiger partial charge in [-0.3, -0.25) is 15.0 Å². The molecule has 1 aliphatic heterocycles. The Morgan fingerprint density at radius 2 is 1.76 bits per heavy atom. The number of benzene rings is 2. The van der Waals surface area contributed by atoms with Crippen molar-refractivity contribution in [2.75, 3.05) is 4.90 Å². The van der Waals surface area contributed by atoms with Gasteiger partial charge in [-0.1, -0.05) is 36.4 Å². The van der Waals surface area contributed by atoms with Gasteiger partial charge in [0.05, 0.1) is 11.4 Å². The van der Waals surface area contributed by atoms with Crippen molar-refractivity contribution in [2.45, 2.75) is 12.5 Å². The third-order valence-electron chi connectivity index (χ3n) is 3.66. The van der Waals surface area contributed by atoms with Gasteiger partial charge < -0.3 is 5.73 Å². The van der Waals surface area contributed by atoms with Gasteiger partial charge in [0.2, 0.25) is 6.04 Å². The van der Waals surface area contributed by atoms with E-state index in [4.69, 9.17) is 5.73 Å². The van der Waals surface area contributed by atoms with E-state index in [2.05, 4.69) is 0 Å². The summed E-state index contributed by atoms with van der Waals surface area (Å²) >= 11 is 0. The van der Waals surface area contributed by atoms with Crippen molar-refractivity contribution >= 4 is 17.4 Å². The Hall–Kier alpha value is -2.89. The van der Waals surface area contributed by atoms with E-state index in [9.17, 15) is 14.9 Å². The van der Waals surface area contributed by atoms with Crippen LogP contribution in [-0.4, -0.2) is 11.0 Å². The van der Waals surface area contributed by atoms with E-state index < -0.39 is 12.1 Å². The van der Waals surface area contributed by atoms with Gasteiger partial charge in [0.25, 0.3) is 0 Å². The predicted molar refractivity (Wildman–Crippen MR) is 78.0 cm³/mol. The summed E-state index contributed by atoms with van der Waals surface area (Å²) in [7, 11) is 0. The van der Waals surface area contributed by atoms with E-state index in [1.165, 1.54) is 4.90 Å². The Bertz CT molecular complexity index is 730. The van der Waals surface area contributed by atoms with E-state index in [1.54, 1.807) is 48.5 Å². The molecule has 0 aliphatic carbocycles. The molecule has 6 heteroatoms. The molecule has 1 atom stereocenters. The summed E-state index contributed by atoms with van der Waals surface area (Å²) in [5.41, 5.74) is 7.80. The van der Waals surface area contributed by atoms with E-state index in [0.29, 0.717) is 16.9 Å². The van der Waals surface area contributed by atoms with Crippen molar-refractivity contribution in [3.05, 3.63) is 69.8 Å². The molecule has 2 aromatic carbocycles. The fourth-order valence-electron chi connectivity index (χ4n) is 2.75. The van der Waals surface area contributed by atoms with Gasteiger partial charge in [0, 0.05) is 16.9 Å². The molecule has 1 aliphatic rings. The number of fused-ring (bicyclic) bond motifs is 2. The van der Waals surface area contributed by atoms with Gasteiger partial charge in [-0.05, 0) is 17.7 Å². The molecule has 1 unspecified atom stereocenters. The lowest BCUT2D eigenvalue weighted by Crippen LogP contribution is -2.32. The van der Waals surface area contributed by atoms with Crippen molar-refractivity contribution in [3.8, 4) is 0 Å². The number of primary amides is 1. The van der Waals surface area contributed by atoms with Crippen molar-refractivity contribution in [1.29, 1.82) is 0 Å². The number of hydrogen-bond acceptors (Lipinski definition) is 3. The molecular weight excluding hydrogens is 270 g/mol. The van der Waals surface area contributed by atoms with Gasteiger partial charge in [-0.25, -0.2) is 4.79 Å². The van der Waals surface area contributed by atoms with Gasteiger partial charge in [-0.2, -0.15) is 0 Å². The normalized spacial score (nSPS) is 16.6. The lowest BCUT2D eigenvalue weighted by Gasteiger charge is -2.22. The number of anilines is 2. The summed E-state index contributed by atoms with van der Waals surface area (Å²) in [6.07, 6.45) is 0.226. The first-order valence-corrected chi connectivity index (χ1v) is 6.49. The molecule has 0 aromatic heterocycles. The number of nitrogens with zero attached hydrogens (tertiary/aromatic N) is 2. The van der Waals surface area contributed by atoms with Crippen LogP contribution in [0.2, 0.25) is 0 Å². The summed E-state index contributed by atoms with van der Waals surface area (Å²) in [6.45, 7) is 0. The SMILES string of the molecule is NC(=O)N1c2ccccc2CC([N+](=O)[O-])c2ccccc21. The third-order valence-corrected chi connectivity index (χ3v) is 3.66. The van der Waals surface area contributed by atoms with Crippen molar-refractivity contribution in [3.63, 3.8) is 0 Å². The lowest BCUT2D eigenvalue weighted by molar-refractivity contribution is -0.528. The number of carbonyl (C=O) groups is 1. The highest BCUT2D eigenvalue weighted by molar-refractivity contribution is 6.00. The van der Waals surface area contributed by atoms with Gasteiger partial charge >= 0.3 is 6.03 Å². The summed E-state index contributed by atoms with van der Waals surface area (Å²) < 4.78 is 0. The van der Waals surface area contributed by atoms with E-state index in [0.717, 1.165) is 5.56 Å². The minimum atomic E-state index is -0.897. The molecule has 6 nitrogen and oxygen atoms in total. The summed E-state index contributed by atoms with van der Waals surface area (Å²) in [6, 6.07) is 12.4. The zero-order valence-corrected chi connectivity index (χ0v) is 11.1. The number of hydrogen-bond donors (Lipinski definition) is 1. The highest BCUT2D eigenvalue weighted by Gasteiger charge is 2.34. The second-order valence-corrected chi connectivity index (χ2v) is 4.87. The second-order valence-electron chi connectivity index (χ2n) is 4.87. The van der Waals surface area contributed by atoms with Crippen LogP contribution in [0.25, 0.3) is 0 Å². The number of rotatable bonds is 1. The highest BCUT2D eigenvalue weighted by Crippen LogP contribution is 2.40. The first-order valence-electron chi connectivity index (χ1n) is 6.49. The average Bonchev–Trinajstić information content (AvgIpc) is 2.61. The molecule has 3 rings (SSSR count). The molecule has 2 amide bonds. The van der Waals surface area contributed by atoms with Crippen LogP contribution in [0.15, 0.2) is 48.5 Å². The van der Waals surface area contributed by atoms with Crippen LogP contribution >= 0.6 is 0 Å². The molecule has 2 N–H and O–H groups in total. The van der Waals surface area contributed by atoms with Crippen LogP contribution in [0.3, 0.4) is 0 Å². The van der Waals surface area contributed by atoms with Crippen LogP contribution < -0.4 is 10.6 Å². The smallest absolute Gasteiger partial charge is 0.323 e. The molecule has 0 bridgehead atoms. The molecule has 1 heterocycles. The molecule has 21 heavy (non-hydrogen) atoms. The van der Waals surface area contributed by atoms with Crippen molar-refractivity contribution in [1.82, 2.24) is 0 Å². The van der Waals surface area contributed by atoms with Crippen LogP contribution in [0.4, 0.5) is 16.2 Å². The summed E-state index contributed by atoms with van der Waals surface area (Å²) in [4.78, 5) is 24.3. The quantitative estimate of drug-likeness (QED) is 0.644. The Balaban J connectivity index is 2.31. The Kier molecular flexibility index (Phi) is 3.06. The largest absolute Gasteiger partial charge is 0.351 e. The Morgan fingerprint density at radius 3 is 2.43 bits per heavy atom. The second kappa shape index (κ2) is 4.90. The van der Waals surface area contributed by atoms with Gasteiger partial charge in [0.1, 0.15) is 0 Å². The number of urea groups is 1. The molecule has 106 valence electrons. The molecule has 0 radical (unpaired) electrons. The van der Waals surface area contributed by atoms with Gasteiger partial charge in [-0.15, -0.1) is 0 Å². The molecule has 2 aromatic rings. The third kappa shape index (κ3) is 2.10. The minimum Gasteiger partial charge on any atom is -0.351 e. The Morgan fingerprint density at radius 1 is 1.14 bits per heavy atom. The highest BCUT2D eigenvalue weighted by atomic mass is 16.6. The van der Waals surface area contributed by atoms with Crippen molar-refractivity contribution in [2.24, 2.45) is 5.73 Å². The molecule has 0 saturated carbocycles. The first kappa shape index (κ1) is 13.1. The zero-order valence-electron chi connectivity index (χ0n) is 11.1. The standard InChI is InChI=1S/C15H13N3O3/c16-15(19)17-12-7-3-1-5-10(12)9-14(18(20)21)11-6-2-4-8-13(11)17/h1-8,14H,9H2,(H2,16,19). The topological polar surface area (TPSA) is 89.5 Å². The molecular formula is C15H13N3O3. The number of nitrogens with two attached hydrogens (primary N) is 1. The summed E-state index contributed by atoms with van der Waals surface area (Å²) in [5.74, 6) is 0. The monoisotopic (exact) mass is 283 g/mol. The van der Waals surface area contributed by atoms with Crippen LogP contribution in [0, 0.1) is 10.1 Å². The Labute approximate surface area is 120 Å². The maximum Gasteiger partial charge on any atom is 0.323 e. The maximum atomic E-state index is 11.9. The fraction of sp³-hybridized carbons (Fsp3) is 0.133. The summed E-state index contributed by atoms with van der Waals surface area (Å²) in [5, 5.41) is 11.4. The lowest BCUT2D eigenvalue weighted by atomic mass is 9.99. The fourth-order valence-corrected chi connectivity index (χ4v) is 2.75. The van der Waals surface area contributed by atoms with Crippen LogP contribution in [0.1, 0.15) is 17.2 Å². The zero-order chi connectivity index (χ0) is 15.0. The van der Waals surface area contributed by atoms with Crippen LogP contribution in [0.5, 0.6) is 0 Å². The number of carbonyl (C=O) groups excluding carboxylic acids is 1. The maximum absolute atomic E-state index is 11.9. The number of para-hydroxylation sites is 2. The van der Waals surface area contributed by atoms with Crippen LogP contribution in [-0.2, 0) is 6.42 Å². The predicted octanol–water partition coefficient (Wildman–Crippen LogP) is 2.78. The molecule has 0 saturated heterocycles. The van der Waals surface area contributed by atoms with Crippen molar-refractivity contribution < 1.29 is 9.72 Å². The molecule has 0 fully saturated rings. The minimum absolute atomic E-state index is 0.226. The van der Waals surface area contributed by atoms with Gasteiger partial charge in [0.15, 0.2) is 0 Å². The van der Waals surface area contributed by atoms with E-state index in [-0.39, 0.29) is 11.3 Å². The number of nitro groups is 1. The molecule has 0 spiro atoms. The van der Waals surface area contributed by atoms with E-state index >= 15 is 0 Å². The first-order chi connectivity index (χ1) is 10.1.